The molecule has 0 radical (unpaired) electrons. The highest BCUT2D eigenvalue weighted by atomic mass is 19.4. The van der Waals surface area contributed by atoms with Gasteiger partial charge in [-0.15, -0.1) is 0 Å². The van der Waals surface area contributed by atoms with Crippen molar-refractivity contribution in [1.82, 2.24) is 0 Å². The van der Waals surface area contributed by atoms with E-state index < -0.39 is 17.7 Å². The number of hydrogen-bond donors (Lipinski definition) is 0. The fraction of sp³-hybridized carbons (Fsp3) is 0.400. The summed E-state index contributed by atoms with van der Waals surface area (Å²) < 4.78 is 48.4. The van der Waals surface area contributed by atoms with Gasteiger partial charge >= 0.3 is 12.1 Å². The summed E-state index contributed by atoms with van der Waals surface area (Å²) in [6, 6.07) is 3.45. The third kappa shape index (κ3) is 4.00. The largest absolute Gasteiger partial charge is 0.493 e. The van der Waals surface area contributed by atoms with Crippen LogP contribution in [0.2, 0.25) is 0 Å². The number of hydrogen-bond acceptors (Lipinski definition) is 3. The second-order valence-electron chi connectivity index (χ2n) is 4.69. The monoisotopic (exact) mass is 300 g/mol. The number of rotatable bonds is 2. The smallest absolute Gasteiger partial charge is 0.416 e. The Balaban J connectivity index is 2.31. The van der Waals surface area contributed by atoms with Gasteiger partial charge in [0.2, 0.25) is 0 Å². The molecule has 1 aliphatic heterocycles. The van der Waals surface area contributed by atoms with Gasteiger partial charge in [-0.25, -0.2) is 0 Å². The first-order valence-electron chi connectivity index (χ1n) is 6.55. The quantitative estimate of drug-likeness (QED) is 0.779. The van der Waals surface area contributed by atoms with E-state index in [2.05, 4.69) is 0 Å². The molecule has 3 nitrogen and oxygen atoms in total. The van der Waals surface area contributed by atoms with Gasteiger partial charge in [0, 0.05) is 12.5 Å². The summed E-state index contributed by atoms with van der Waals surface area (Å²) >= 11 is 0. The Kier molecular flexibility index (Phi) is 4.55. The molecular formula is C15H15F3O3. The Labute approximate surface area is 120 Å². The Morgan fingerprint density at radius 1 is 1.43 bits per heavy atom. The minimum atomic E-state index is -4.40. The minimum Gasteiger partial charge on any atom is -0.493 e. The van der Waals surface area contributed by atoms with Crippen LogP contribution in [0.25, 0.3) is 5.57 Å². The highest BCUT2D eigenvalue weighted by Gasteiger charge is 2.31. The lowest BCUT2D eigenvalue weighted by Gasteiger charge is -2.13. The number of carbonyl (C=O) groups is 1. The van der Waals surface area contributed by atoms with Crippen LogP contribution in [-0.4, -0.2) is 19.2 Å². The molecule has 0 aliphatic carbocycles. The van der Waals surface area contributed by atoms with Gasteiger partial charge in [0.1, 0.15) is 12.4 Å². The normalized spacial score (nSPS) is 16.9. The predicted molar refractivity (Wildman–Crippen MR) is 70.8 cm³/mol. The molecule has 2 rings (SSSR count). The standard InChI is InChI=1S/C15H15F3O3/c1-10(19)20-8-6-11-3-2-7-21-14-9-12(15(16,17)18)4-5-13(11)14/h4-6,9H,2-3,7-8H2,1H3. The van der Waals surface area contributed by atoms with Crippen LogP contribution in [0, 0.1) is 0 Å². The van der Waals surface area contributed by atoms with Crippen LogP contribution in [0.3, 0.4) is 0 Å². The summed E-state index contributed by atoms with van der Waals surface area (Å²) in [6.07, 6.45) is -1.32. The molecule has 0 saturated heterocycles. The zero-order valence-electron chi connectivity index (χ0n) is 11.5. The number of carbonyl (C=O) groups excluding carboxylic acids is 1. The van der Waals surface area contributed by atoms with E-state index in [1.807, 2.05) is 0 Å². The van der Waals surface area contributed by atoms with Crippen LogP contribution in [0.1, 0.15) is 30.9 Å². The second-order valence-corrected chi connectivity index (χ2v) is 4.69. The zero-order valence-corrected chi connectivity index (χ0v) is 11.5. The Hall–Kier alpha value is -1.98. The molecule has 0 saturated carbocycles. The van der Waals surface area contributed by atoms with Crippen LogP contribution in [0.15, 0.2) is 24.3 Å². The van der Waals surface area contributed by atoms with Gasteiger partial charge in [0.05, 0.1) is 12.2 Å². The SMILES string of the molecule is CC(=O)OCC=C1CCCOc2cc(C(F)(F)F)ccc21. The summed E-state index contributed by atoms with van der Waals surface area (Å²) in [5, 5.41) is 0. The van der Waals surface area contributed by atoms with Crippen molar-refractivity contribution >= 4 is 11.5 Å². The fourth-order valence-electron chi connectivity index (χ4n) is 2.13. The van der Waals surface area contributed by atoms with E-state index in [-0.39, 0.29) is 12.4 Å². The second kappa shape index (κ2) is 6.20. The van der Waals surface area contributed by atoms with E-state index in [1.165, 1.54) is 13.0 Å². The number of allylic oxidation sites excluding steroid dienone is 1. The van der Waals surface area contributed by atoms with Crippen LogP contribution in [0.5, 0.6) is 5.75 Å². The highest BCUT2D eigenvalue weighted by molar-refractivity contribution is 5.72. The Morgan fingerprint density at radius 2 is 2.19 bits per heavy atom. The van der Waals surface area contributed by atoms with Gasteiger partial charge in [0.25, 0.3) is 0 Å². The first-order valence-corrected chi connectivity index (χ1v) is 6.55. The van der Waals surface area contributed by atoms with Crippen molar-refractivity contribution in [3.63, 3.8) is 0 Å². The third-order valence-electron chi connectivity index (χ3n) is 3.12. The molecule has 1 aromatic carbocycles. The molecular weight excluding hydrogens is 285 g/mol. The first kappa shape index (κ1) is 15.4. The molecule has 0 unspecified atom stereocenters. The van der Waals surface area contributed by atoms with Gasteiger partial charge in [-0.2, -0.15) is 13.2 Å². The van der Waals surface area contributed by atoms with Crippen molar-refractivity contribution in [3.8, 4) is 5.75 Å². The molecule has 1 aliphatic rings. The van der Waals surface area contributed by atoms with E-state index in [0.717, 1.165) is 17.7 Å². The van der Waals surface area contributed by atoms with Gasteiger partial charge < -0.3 is 9.47 Å². The van der Waals surface area contributed by atoms with Crippen molar-refractivity contribution in [3.05, 3.63) is 35.4 Å². The molecule has 0 aromatic heterocycles. The van der Waals surface area contributed by atoms with E-state index in [1.54, 1.807) is 6.08 Å². The van der Waals surface area contributed by atoms with Crippen molar-refractivity contribution < 1.29 is 27.4 Å². The lowest BCUT2D eigenvalue weighted by atomic mass is 9.99. The Morgan fingerprint density at radius 3 is 2.86 bits per heavy atom. The number of halogens is 3. The van der Waals surface area contributed by atoms with Gasteiger partial charge in [-0.3, -0.25) is 4.79 Å². The summed E-state index contributed by atoms with van der Waals surface area (Å²) in [4.78, 5) is 10.8. The van der Waals surface area contributed by atoms with Crippen LogP contribution in [0.4, 0.5) is 13.2 Å². The van der Waals surface area contributed by atoms with E-state index in [9.17, 15) is 18.0 Å². The van der Waals surface area contributed by atoms with E-state index in [4.69, 9.17) is 9.47 Å². The number of benzene rings is 1. The van der Waals surface area contributed by atoms with E-state index >= 15 is 0 Å². The van der Waals surface area contributed by atoms with Crippen molar-refractivity contribution in [2.75, 3.05) is 13.2 Å². The first-order chi connectivity index (χ1) is 9.88. The topological polar surface area (TPSA) is 35.5 Å². The van der Waals surface area contributed by atoms with Crippen molar-refractivity contribution in [2.24, 2.45) is 0 Å². The van der Waals surface area contributed by atoms with Crippen LogP contribution < -0.4 is 4.74 Å². The Bertz CT molecular complexity index is 562. The molecule has 1 aromatic rings. The van der Waals surface area contributed by atoms with E-state index in [0.29, 0.717) is 25.0 Å². The average molecular weight is 300 g/mol. The molecule has 0 spiro atoms. The molecule has 0 N–H and O–H groups in total. The average Bonchev–Trinajstić information content (AvgIpc) is 2.59. The minimum absolute atomic E-state index is 0.102. The molecule has 6 heteroatoms. The lowest BCUT2D eigenvalue weighted by molar-refractivity contribution is -0.140. The number of alkyl halides is 3. The summed E-state index contributed by atoms with van der Waals surface area (Å²) in [5.74, 6) is -0.180. The molecule has 0 bridgehead atoms. The number of ether oxygens (including phenoxy) is 2. The molecule has 0 amide bonds. The number of esters is 1. The maximum absolute atomic E-state index is 12.7. The zero-order chi connectivity index (χ0) is 15.5. The molecule has 0 atom stereocenters. The van der Waals surface area contributed by atoms with Gasteiger partial charge in [0.15, 0.2) is 0 Å². The predicted octanol–water partition coefficient (Wildman–Crippen LogP) is 3.82. The summed E-state index contributed by atoms with van der Waals surface area (Å²) in [5.41, 5.74) is 0.715. The van der Waals surface area contributed by atoms with Crippen molar-refractivity contribution in [2.45, 2.75) is 25.9 Å². The number of fused-ring (bicyclic) bond motifs is 1. The van der Waals surface area contributed by atoms with Crippen molar-refractivity contribution in [1.29, 1.82) is 0 Å². The summed E-state index contributed by atoms with van der Waals surface area (Å²) in [6.45, 7) is 1.77. The molecule has 0 fully saturated rings. The molecule has 21 heavy (non-hydrogen) atoms. The third-order valence-corrected chi connectivity index (χ3v) is 3.12. The maximum Gasteiger partial charge on any atom is 0.416 e. The maximum atomic E-state index is 12.7. The highest BCUT2D eigenvalue weighted by Crippen LogP contribution is 2.37. The van der Waals surface area contributed by atoms with Crippen LogP contribution >= 0.6 is 0 Å². The fourth-order valence-corrected chi connectivity index (χ4v) is 2.13. The van der Waals surface area contributed by atoms with Gasteiger partial charge in [-0.05, 0) is 36.6 Å². The molecule has 1 heterocycles. The summed E-state index contributed by atoms with van der Waals surface area (Å²) in [7, 11) is 0. The molecule has 114 valence electrons. The van der Waals surface area contributed by atoms with Crippen LogP contribution in [-0.2, 0) is 15.7 Å². The van der Waals surface area contributed by atoms with Gasteiger partial charge in [-0.1, -0.05) is 6.07 Å². The lowest BCUT2D eigenvalue weighted by Crippen LogP contribution is -2.06.